The van der Waals surface area contributed by atoms with Gasteiger partial charge in [0.2, 0.25) is 5.88 Å². The Kier molecular flexibility index (Phi) is 6.73. The van der Waals surface area contributed by atoms with E-state index in [-0.39, 0.29) is 6.10 Å². The molecular weight excluding hydrogens is 283 g/mol. The van der Waals surface area contributed by atoms with E-state index < -0.39 is 0 Å². The molecule has 0 bridgehead atoms. The molecule has 1 N–H and O–H groups in total. The summed E-state index contributed by atoms with van der Waals surface area (Å²) in [6.07, 6.45) is 2.03. The second-order valence-electron chi connectivity index (χ2n) is 5.09. The SMILES string of the molecule is CCCNc1nc(OC(C)CC(C)C)c(Cl)cc1Cl. The van der Waals surface area contributed by atoms with Crippen molar-refractivity contribution >= 4 is 29.0 Å². The summed E-state index contributed by atoms with van der Waals surface area (Å²) in [6.45, 7) is 9.23. The van der Waals surface area contributed by atoms with Crippen molar-refractivity contribution in [3.8, 4) is 5.88 Å². The minimum Gasteiger partial charge on any atom is -0.474 e. The maximum atomic E-state index is 6.12. The van der Waals surface area contributed by atoms with Gasteiger partial charge in [0.1, 0.15) is 10.8 Å². The summed E-state index contributed by atoms with van der Waals surface area (Å²) in [4.78, 5) is 4.36. The predicted molar refractivity (Wildman–Crippen MR) is 82.6 cm³/mol. The van der Waals surface area contributed by atoms with E-state index in [0.717, 1.165) is 19.4 Å². The van der Waals surface area contributed by atoms with Crippen LogP contribution in [0.25, 0.3) is 0 Å². The molecule has 0 saturated heterocycles. The van der Waals surface area contributed by atoms with Gasteiger partial charge in [-0.3, -0.25) is 0 Å². The van der Waals surface area contributed by atoms with Gasteiger partial charge in [-0.1, -0.05) is 44.0 Å². The van der Waals surface area contributed by atoms with Crippen LogP contribution in [0.2, 0.25) is 10.0 Å². The highest BCUT2D eigenvalue weighted by Gasteiger charge is 2.14. The number of hydrogen-bond donors (Lipinski definition) is 1. The molecule has 0 amide bonds. The van der Waals surface area contributed by atoms with Gasteiger partial charge in [0.05, 0.1) is 11.1 Å². The number of nitrogens with zero attached hydrogens (tertiary/aromatic N) is 1. The molecule has 0 aromatic carbocycles. The first-order valence-electron chi connectivity index (χ1n) is 6.70. The fourth-order valence-corrected chi connectivity index (χ4v) is 2.27. The van der Waals surface area contributed by atoms with Crippen LogP contribution in [0.1, 0.15) is 40.5 Å². The van der Waals surface area contributed by atoms with E-state index in [4.69, 9.17) is 27.9 Å². The minimum atomic E-state index is 0.0743. The second kappa shape index (κ2) is 7.81. The molecule has 5 heteroatoms. The monoisotopic (exact) mass is 304 g/mol. The number of rotatable bonds is 7. The normalized spacial score (nSPS) is 12.6. The van der Waals surface area contributed by atoms with Crippen LogP contribution < -0.4 is 10.1 Å². The van der Waals surface area contributed by atoms with Crippen LogP contribution in [0.15, 0.2) is 6.07 Å². The molecule has 19 heavy (non-hydrogen) atoms. The highest BCUT2D eigenvalue weighted by molar-refractivity contribution is 6.36. The molecule has 108 valence electrons. The van der Waals surface area contributed by atoms with Gasteiger partial charge >= 0.3 is 0 Å². The fourth-order valence-electron chi connectivity index (χ4n) is 1.80. The molecule has 0 aliphatic carbocycles. The van der Waals surface area contributed by atoms with E-state index >= 15 is 0 Å². The Morgan fingerprint density at radius 3 is 2.53 bits per heavy atom. The first kappa shape index (κ1) is 16.4. The second-order valence-corrected chi connectivity index (χ2v) is 5.90. The van der Waals surface area contributed by atoms with E-state index in [2.05, 4.69) is 31.1 Å². The van der Waals surface area contributed by atoms with Gasteiger partial charge in [-0.25, -0.2) is 0 Å². The van der Waals surface area contributed by atoms with Crippen LogP contribution >= 0.6 is 23.2 Å². The standard InChI is InChI=1S/C14H22Cl2N2O/c1-5-6-17-13-11(15)8-12(16)14(18-13)19-10(4)7-9(2)3/h8-10H,5-7H2,1-4H3,(H,17,18). The third-order valence-corrected chi connectivity index (χ3v) is 3.11. The summed E-state index contributed by atoms with van der Waals surface area (Å²) < 4.78 is 5.79. The first-order valence-corrected chi connectivity index (χ1v) is 7.46. The van der Waals surface area contributed by atoms with Crippen LogP contribution in [0.5, 0.6) is 5.88 Å². The van der Waals surface area contributed by atoms with Crippen molar-refractivity contribution in [2.75, 3.05) is 11.9 Å². The molecule has 1 rings (SSSR count). The van der Waals surface area contributed by atoms with E-state index in [1.165, 1.54) is 0 Å². The highest BCUT2D eigenvalue weighted by atomic mass is 35.5. The van der Waals surface area contributed by atoms with Crippen molar-refractivity contribution in [3.05, 3.63) is 16.1 Å². The average molecular weight is 305 g/mol. The van der Waals surface area contributed by atoms with Gasteiger partial charge in [0, 0.05) is 6.54 Å². The summed E-state index contributed by atoms with van der Waals surface area (Å²) in [5.41, 5.74) is 0. The van der Waals surface area contributed by atoms with Crippen LogP contribution in [0.3, 0.4) is 0 Å². The fraction of sp³-hybridized carbons (Fsp3) is 0.643. The van der Waals surface area contributed by atoms with Crippen LogP contribution in [-0.2, 0) is 0 Å². The Bertz CT molecular complexity index is 411. The van der Waals surface area contributed by atoms with Crippen molar-refractivity contribution < 1.29 is 4.74 Å². The van der Waals surface area contributed by atoms with Crippen molar-refractivity contribution in [2.45, 2.75) is 46.6 Å². The molecule has 0 fully saturated rings. The maximum Gasteiger partial charge on any atom is 0.234 e. The van der Waals surface area contributed by atoms with Crippen molar-refractivity contribution in [1.82, 2.24) is 4.98 Å². The van der Waals surface area contributed by atoms with Crippen molar-refractivity contribution in [1.29, 1.82) is 0 Å². The van der Waals surface area contributed by atoms with Gasteiger partial charge in [-0.05, 0) is 31.7 Å². The zero-order valence-corrected chi connectivity index (χ0v) is 13.5. The molecule has 1 aromatic heterocycles. The first-order chi connectivity index (χ1) is 8.93. The van der Waals surface area contributed by atoms with Gasteiger partial charge in [-0.15, -0.1) is 0 Å². The van der Waals surface area contributed by atoms with Crippen LogP contribution in [-0.4, -0.2) is 17.6 Å². The molecule has 0 saturated carbocycles. The summed E-state index contributed by atoms with van der Waals surface area (Å²) in [5, 5.41) is 4.13. The number of anilines is 1. The summed E-state index contributed by atoms with van der Waals surface area (Å²) in [7, 11) is 0. The van der Waals surface area contributed by atoms with E-state index in [0.29, 0.717) is 27.7 Å². The molecule has 1 unspecified atom stereocenters. The van der Waals surface area contributed by atoms with Gasteiger partial charge in [0.25, 0.3) is 0 Å². The Balaban J connectivity index is 2.81. The summed E-state index contributed by atoms with van der Waals surface area (Å²) in [5.74, 6) is 1.64. The van der Waals surface area contributed by atoms with Crippen molar-refractivity contribution in [3.63, 3.8) is 0 Å². The number of aromatic nitrogens is 1. The topological polar surface area (TPSA) is 34.2 Å². The number of ether oxygens (including phenoxy) is 1. The third kappa shape index (κ3) is 5.45. The molecule has 0 aliphatic rings. The van der Waals surface area contributed by atoms with Gasteiger partial charge in [0.15, 0.2) is 0 Å². The Morgan fingerprint density at radius 2 is 1.95 bits per heavy atom. The largest absolute Gasteiger partial charge is 0.474 e. The smallest absolute Gasteiger partial charge is 0.234 e. The number of nitrogens with one attached hydrogen (secondary N) is 1. The molecule has 0 aliphatic heterocycles. The Hall–Kier alpha value is -0.670. The zero-order chi connectivity index (χ0) is 14.4. The molecule has 1 aromatic rings. The van der Waals surface area contributed by atoms with E-state index in [1.54, 1.807) is 6.07 Å². The number of pyridine rings is 1. The minimum absolute atomic E-state index is 0.0743. The Morgan fingerprint density at radius 1 is 1.26 bits per heavy atom. The lowest BCUT2D eigenvalue weighted by molar-refractivity contribution is 0.186. The molecule has 3 nitrogen and oxygen atoms in total. The summed E-state index contributed by atoms with van der Waals surface area (Å²) >= 11 is 12.2. The lowest BCUT2D eigenvalue weighted by Crippen LogP contribution is -2.16. The zero-order valence-electron chi connectivity index (χ0n) is 12.0. The van der Waals surface area contributed by atoms with E-state index in [1.807, 2.05) is 6.92 Å². The number of halogens is 2. The quantitative estimate of drug-likeness (QED) is 0.767. The van der Waals surface area contributed by atoms with E-state index in [9.17, 15) is 0 Å². The van der Waals surface area contributed by atoms with Crippen LogP contribution in [0, 0.1) is 5.92 Å². The number of hydrogen-bond acceptors (Lipinski definition) is 3. The molecule has 1 heterocycles. The molecule has 0 radical (unpaired) electrons. The van der Waals surface area contributed by atoms with Gasteiger partial charge < -0.3 is 10.1 Å². The average Bonchev–Trinajstić information content (AvgIpc) is 2.30. The molecule has 1 atom stereocenters. The third-order valence-electron chi connectivity index (χ3n) is 2.56. The highest BCUT2D eigenvalue weighted by Crippen LogP contribution is 2.31. The van der Waals surface area contributed by atoms with Crippen molar-refractivity contribution in [2.24, 2.45) is 5.92 Å². The molecule has 0 spiro atoms. The van der Waals surface area contributed by atoms with Crippen LogP contribution in [0.4, 0.5) is 5.82 Å². The molecular formula is C14H22Cl2N2O. The predicted octanol–water partition coefficient (Wildman–Crippen LogP) is 5.02. The van der Waals surface area contributed by atoms with Gasteiger partial charge in [-0.2, -0.15) is 4.98 Å². The lowest BCUT2D eigenvalue weighted by atomic mass is 10.1. The summed E-state index contributed by atoms with van der Waals surface area (Å²) in [6, 6.07) is 1.67. The Labute approximate surface area is 125 Å². The lowest BCUT2D eigenvalue weighted by Gasteiger charge is -2.18. The maximum absolute atomic E-state index is 6.12.